The number of hydrogen-bond acceptors (Lipinski definition) is 6. The predicted octanol–water partition coefficient (Wildman–Crippen LogP) is 6.94. The highest BCUT2D eigenvalue weighted by Gasteiger charge is 2.36. The van der Waals surface area contributed by atoms with E-state index in [4.69, 9.17) is 10.1 Å². The third kappa shape index (κ3) is 7.37. The molecule has 3 aromatic carbocycles. The van der Waals surface area contributed by atoms with Gasteiger partial charge >= 0.3 is 12.3 Å². The van der Waals surface area contributed by atoms with Gasteiger partial charge in [0.2, 0.25) is 0 Å². The second-order valence-corrected chi connectivity index (χ2v) is 10.4. The van der Waals surface area contributed by atoms with Gasteiger partial charge in [0.15, 0.2) is 5.69 Å². The van der Waals surface area contributed by atoms with Crippen LogP contribution in [0, 0.1) is 17.1 Å². The van der Waals surface area contributed by atoms with Crippen molar-refractivity contribution in [2.45, 2.75) is 32.0 Å². The quantitative estimate of drug-likeness (QED) is 0.0953. The maximum atomic E-state index is 15.1. The first-order valence-corrected chi connectivity index (χ1v) is 14.2. The van der Waals surface area contributed by atoms with Gasteiger partial charge in [0.1, 0.15) is 11.5 Å². The number of aromatic nitrogens is 2. The second-order valence-electron chi connectivity index (χ2n) is 10.4. The highest BCUT2D eigenvalue weighted by molar-refractivity contribution is 6.05. The fraction of sp³-hybridized carbons (Fsp3) is 0.250. The van der Waals surface area contributed by atoms with E-state index in [0.29, 0.717) is 23.9 Å². The van der Waals surface area contributed by atoms with Crippen molar-refractivity contribution in [3.05, 3.63) is 107 Å². The zero-order valence-electron chi connectivity index (χ0n) is 24.1. The van der Waals surface area contributed by atoms with E-state index in [1.807, 2.05) is 30.3 Å². The summed E-state index contributed by atoms with van der Waals surface area (Å²) in [7, 11) is 0. The Morgan fingerprint density at radius 2 is 1.82 bits per heavy atom. The van der Waals surface area contributed by atoms with Gasteiger partial charge in [0.05, 0.1) is 36.0 Å². The fourth-order valence-electron chi connectivity index (χ4n) is 4.76. The average Bonchev–Trinajstić information content (AvgIpc) is 3.73. The summed E-state index contributed by atoms with van der Waals surface area (Å²) in [5.41, 5.74) is -0.465. The summed E-state index contributed by atoms with van der Waals surface area (Å²) in [5.74, 6) is -1.27. The van der Waals surface area contributed by atoms with Crippen molar-refractivity contribution in [1.82, 2.24) is 15.1 Å². The van der Waals surface area contributed by atoms with Crippen molar-refractivity contribution in [3.63, 3.8) is 0 Å². The molecule has 3 N–H and O–H groups in total. The Bertz CT molecular complexity index is 1690. The van der Waals surface area contributed by atoms with Gasteiger partial charge in [-0.15, -0.1) is 0 Å². The van der Waals surface area contributed by atoms with Crippen molar-refractivity contribution < 1.29 is 31.9 Å². The fourth-order valence-corrected chi connectivity index (χ4v) is 4.76. The number of carbonyl (C=O) groups excluding carboxylic acids is 2. The highest BCUT2D eigenvalue weighted by atomic mass is 19.4. The number of carbonyl (C=O) groups is 2. The van der Waals surface area contributed by atoms with Crippen molar-refractivity contribution in [2.24, 2.45) is 5.92 Å². The van der Waals surface area contributed by atoms with Crippen molar-refractivity contribution >= 4 is 29.7 Å². The third-order valence-corrected chi connectivity index (χ3v) is 7.19. The molecule has 1 aromatic heterocycles. The standard InChI is InChI=1S/C32H30F4N6O3/c1-2-45-31(44)41(19-37)23-9-6-10-24(16-23)42-27(17-28(40-42)32(34,35)36)30(43)39-26-15-22(13-14-25(26)33)29(38-18-20-11-12-20)21-7-4-3-5-8-21/h3-10,13-17,19-20,29,37-38H,2,11-12,18H2,1H3,(H,39,43). The Hall–Kier alpha value is -5.04. The van der Waals surface area contributed by atoms with Crippen LogP contribution >= 0.6 is 0 Å². The molecule has 13 heteroatoms. The van der Waals surface area contributed by atoms with Gasteiger partial charge in [0, 0.05) is 6.07 Å². The SMILES string of the molecule is CCOC(=O)N(C=N)c1cccc(-n2nc(C(F)(F)F)cc2C(=O)Nc2cc(C(NCC3CC3)c3ccccc3)ccc2F)c1. The van der Waals surface area contributed by atoms with E-state index >= 15 is 4.39 Å². The van der Waals surface area contributed by atoms with E-state index in [2.05, 4.69) is 15.7 Å². The molecule has 1 unspecified atom stereocenters. The van der Waals surface area contributed by atoms with Crippen molar-refractivity contribution in [2.75, 3.05) is 23.4 Å². The molecular formula is C32H30F4N6O3. The molecule has 5 rings (SSSR count). The Kier molecular flexibility index (Phi) is 9.28. The molecule has 1 aliphatic carbocycles. The Morgan fingerprint density at radius 3 is 2.49 bits per heavy atom. The van der Waals surface area contributed by atoms with Crippen LogP contribution in [0.4, 0.5) is 33.7 Å². The number of nitrogens with one attached hydrogen (secondary N) is 3. The Labute approximate surface area is 256 Å². The molecule has 4 aromatic rings. The van der Waals surface area contributed by atoms with E-state index in [-0.39, 0.29) is 29.7 Å². The van der Waals surface area contributed by atoms with Crippen LogP contribution in [0.15, 0.2) is 78.9 Å². The van der Waals surface area contributed by atoms with E-state index in [1.54, 1.807) is 13.0 Å². The maximum Gasteiger partial charge on any atom is 0.435 e. The molecule has 0 bridgehead atoms. The largest absolute Gasteiger partial charge is 0.449 e. The number of rotatable bonds is 11. The topological polar surface area (TPSA) is 112 Å². The van der Waals surface area contributed by atoms with Crippen LogP contribution in [-0.2, 0) is 10.9 Å². The van der Waals surface area contributed by atoms with Gasteiger partial charge in [-0.1, -0.05) is 42.5 Å². The second kappa shape index (κ2) is 13.3. The third-order valence-electron chi connectivity index (χ3n) is 7.19. The number of anilines is 2. The summed E-state index contributed by atoms with van der Waals surface area (Å²) in [4.78, 5) is 26.6. The Morgan fingerprint density at radius 1 is 1.07 bits per heavy atom. The van der Waals surface area contributed by atoms with Crippen LogP contribution in [0.25, 0.3) is 5.69 Å². The molecule has 9 nitrogen and oxygen atoms in total. The number of benzene rings is 3. The lowest BCUT2D eigenvalue weighted by atomic mass is 9.97. The summed E-state index contributed by atoms with van der Waals surface area (Å²) in [6, 6.07) is 19.5. The summed E-state index contributed by atoms with van der Waals surface area (Å²) < 4.78 is 62.0. The molecule has 234 valence electrons. The average molecular weight is 623 g/mol. The molecule has 2 amide bonds. The molecule has 1 saturated carbocycles. The van der Waals surface area contributed by atoms with Crippen LogP contribution < -0.4 is 15.5 Å². The minimum atomic E-state index is -4.90. The summed E-state index contributed by atoms with van der Waals surface area (Å²) in [6.07, 6.45) is -2.84. The van der Waals surface area contributed by atoms with Gasteiger partial charge in [-0.25, -0.2) is 18.8 Å². The lowest BCUT2D eigenvalue weighted by molar-refractivity contribution is -0.141. The monoisotopic (exact) mass is 622 g/mol. The summed E-state index contributed by atoms with van der Waals surface area (Å²) >= 11 is 0. The van der Waals surface area contributed by atoms with E-state index in [9.17, 15) is 22.8 Å². The zero-order valence-corrected chi connectivity index (χ0v) is 24.1. The number of ether oxygens (including phenoxy) is 1. The molecule has 1 fully saturated rings. The normalized spacial score (nSPS) is 13.6. The Balaban J connectivity index is 1.49. The van der Waals surface area contributed by atoms with Crippen molar-refractivity contribution in [3.8, 4) is 5.69 Å². The molecule has 0 saturated heterocycles. The smallest absolute Gasteiger partial charge is 0.435 e. The molecule has 0 aliphatic heterocycles. The van der Waals surface area contributed by atoms with E-state index in [0.717, 1.165) is 34.5 Å². The maximum absolute atomic E-state index is 15.1. The summed E-state index contributed by atoms with van der Waals surface area (Å²) in [5, 5.41) is 17.1. The minimum absolute atomic E-state index is 0.0214. The molecule has 1 aliphatic rings. The molecule has 0 spiro atoms. The number of alkyl halides is 3. The molecule has 0 radical (unpaired) electrons. The van der Waals surface area contributed by atoms with Crippen LogP contribution in [0.1, 0.15) is 53.1 Å². The van der Waals surface area contributed by atoms with Crippen LogP contribution in [-0.4, -0.2) is 41.3 Å². The van der Waals surface area contributed by atoms with Crippen LogP contribution in [0.5, 0.6) is 0 Å². The number of amides is 2. The lowest BCUT2D eigenvalue weighted by Gasteiger charge is -2.21. The van der Waals surface area contributed by atoms with Gasteiger partial charge in [-0.2, -0.15) is 18.3 Å². The predicted molar refractivity (Wildman–Crippen MR) is 160 cm³/mol. The van der Waals surface area contributed by atoms with Gasteiger partial charge in [-0.3, -0.25) is 10.2 Å². The first-order chi connectivity index (χ1) is 21.6. The zero-order chi connectivity index (χ0) is 32.1. The number of halogens is 4. The number of hydrogen-bond donors (Lipinski definition) is 3. The van der Waals surface area contributed by atoms with Gasteiger partial charge in [-0.05, 0) is 73.7 Å². The van der Waals surface area contributed by atoms with Crippen molar-refractivity contribution in [1.29, 1.82) is 5.41 Å². The first kappa shape index (κ1) is 31.4. The first-order valence-electron chi connectivity index (χ1n) is 14.2. The molecule has 1 atom stereocenters. The molecule has 45 heavy (non-hydrogen) atoms. The van der Waals surface area contributed by atoms with Crippen LogP contribution in [0.3, 0.4) is 0 Å². The minimum Gasteiger partial charge on any atom is -0.449 e. The number of nitrogens with zero attached hydrogens (tertiary/aromatic N) is 3. The van der Waals surface area contributed by atoms with E-state index in [1.165, 1.54) is 36.4 Å². The highest BCUT2D eigenvalue weighted by Crippen LogP contribution is 2.33. The van der Waals surface area contributed by atoms with Crippen LogP contribution in [0.2, 0.25) is 0 Å². The molecular weight excluding hydrogens is 592 g/mol. The summed E-state index contributed by atoms with van der Waals surface area (Å²) in [6.45, 7) is 2.36. The molecule has 1 heterocycles. The van der Waals surface area contributed by atoms with E-state index < -0.39 is 35.4 Å². The lowest BCUT2D eigenvalue weighted by Crippen LogP contribution is -2.29. The van der Waals surface area contributed by atoms with Gasteiger partial charge < -0.3 is 15.4 Å². The van der Waals surface area contributed by atoms with Gasteiger partial charge in [0.25, 0.3) is 5.91 Å².